The second-order valence-corrected chi connectivity index (χ2v) is 7.62. The molecule has 0 radical (unpaired) electrons. The summed E-state index contributed by atoms with van der Waals surface area (Å²) in [5.74, 6) is 1.79. The van der Waals surface area contributed by atoms with Gasteiger partial charge in [0.15, 0.2) is 17.5 Å². The van der Waals surface area contributed by atoms with Gasteiger partial charge in [-0.05, 0) is 22.7 Å². The highest BCUT2D eigenvalue weighted by molar-refractivity contribution is 6.58. The lowest BCUT2D eigenvalue weighted by molar-refractivity contribution is 0.426. The summed E-state index contributed by atoms with van der Waals surface area (Å²) in [5, 5.41) is 19.1. The standard InChI is InChI=1S/C27H20BN3O2/c32-28(33)24-16-8-14-22(18-24)21-13-7-15-23(17-21)27-30-25(19-9-3-1-4-10-19)29-26(31-27)20-11-5-2-6-12-20/h1-18,32-33H. The average molecular weight is 429 g/mol. The Morgan fingerprint density at radius 3 is 1.39 bits per heavy atom. The van der Waals surface area contributed by atoms with E-state index >= 15 is 0 Å². The van der Waals surface area contributed by atoms with Crippen molar-refractivity contribution in [3.63, 3.8) is 0 Å². The maximum atomic E-state index is 9.53. The van der Waals surface area contributed by atoms with Crippen molar-refractivity contribution in [2.24, 2.45) is 0 Å². The second kappa shape index (κ2) is 9.16. The van der Waals surface area contributed by atoms with Gasteiger partial charge in [-0.25, -0.2) is 15.0 Å². The normalized spacial score (nSPS) is 10.7. The molecule has 0 amide bonds. The molecule has 0 saturated carbocycles. The van der Waals surface area contributed by atoms with Crippen LogP contribution in [0.2, 0.25) is 0 Å². The molecule has 5 rings (SSSR count). The summed E-state index contributed by atoms with van der Waals surface area (Å²) in [6.45, 7) is 0. The lowest BCUT2D eigenvalue weighted by Gasteiger charge is -2.10. The van der Waals surface area contributed by atoms with Crippen LogP contribution in [0.4, 0.5) is 0 Å². The Labute approximate surface area is 192 Å². The molecule has 4 aromatic carbocycles. The van der Waals surface area contributed by atoms with Crippen molar-refractivity contribution in [3.05, 3.63) is 109 Å². The van der Waals surface area contributed by atoms with E-state index in [0.29, 0.717) is 22.9 Å². The summed E-state index contributed by atoms with van der Waals surface area (Å²) >= 11 is 0. The van der Waals surface area contributed by atoms with Crippen molar-refractivity contribution in [1.82, 2.24) is 15.0 Å². The Hall–Kier alpha value is -4.13. The van der Waals surface area contributed by atoms with Crippen molar-refractivity contribution in [2.75, 3.05) is 0 Å². The molecule has 1 heterocycles. The van der Waals surface area contributed by atoms with Crippen LogP contribution < -0.4 is 5.46 Å². The maximum Gasteiger partial charge on any atom is 0.488 e. The summed E-state index contributed by atoms with van der Waals surface area (Å²) < 4.78 is 0. The third-order valence-electron chi connectivity index (χ3n) is 5.34. The molecule has 0 aliphatic carbocycles. The van der Waals surface area contributed by atoms with Crippen LogP contribution in [0.3, 0.4) is 0 Å². The van der Waals surface area contributed by atoms with Crippen LogP contribution in [0.1, 0.15) is 0 Å². The van der Waals surface area contributed by atoms with Crippen molar-refractivity contribution < 1.29 is 10.0 Å². The van der Waals surface area contributed by atoms with Gasteiger partial charge in [-0.15, -0.1) is 0 Å². The molecule has 6 heteroatoms. The molecule has 0 fully saturated rings. The molecule has 0 unspecified atom stereocenters. The number of nitrogens with zero attached hydrogens (tertiary/aromatic N) is 3. The number of benzene rings is 4. The molecular weight excluding hydrogens is 409 g/mol. The van der Waals surface area contributed by atoms with E-state index < -0.39 is 7.12 Å². The molecule has 1 aromatic heterocycles. The number of aromatic nitrogens is 3. The van der Waals surface area contributed by atoms with Gasteiger partial charge in [0, 0.05) is 16.7 Å². The summed E-state index contributed by atoms with van der Waals surface area (Å²) in [5.41, 5.74) is 4.93. The molecule has 158 valence electrons. The van der Waals surface area contributed by atoms with Crippen LogP contribution in [0.5, 0.6) is 0 Å². The Morgan fingerprint density at radius 1 is 0.424 bits per heavy atom. The van der Waals surface area contributed by atoms with Crippen LogP contribution in [0, 0.1) is 0 Å². The van der Waals surface area contributed by atoms with Crippen molar-refractivity contribution >= 4 is 12.6 Å². The van der Waals surface area contributed by atoms with E-state index in [1.807, 2.05) is 91.0 Å². The second-order valence-electron chi connectivity index (χ2n) is 7.62. The Balaban J connectivity index is 1.63. The fraction of sp³-hybridized carbons (Fsp3) is 0. The smallest absolute Gasteiger partial charge is 0.423 e. The molecule has 0 spiro atoms. The molecule has 0 aliphatic heterocycles. The van der Waals surface area contributed by atoms with Gasteiger partial charge in [-0.2, -0.15) is 0 Å². The van der Waals surface area contributed by atoms with Gasteiger partial charge in [0.25, 0.3) is 0 Å². The van der Waals surface area contributed by atoms with E-state index in [2.05, 4.69) is 0 Å². The van der Waals surface area contributed by atoms with E-state index in [4.69, 9.17) is 15.0 Å². The molecule has 5 nitrogen and oxygen atoms in total. The first kappa shape index (κ1) is 20.8. The Kier molecular flexibility index (Phi) is 5.76. The SMILES string of the molecule is OB(O)c1cccc(-c2cccc(-c3nc(-c4ccccc4)nc(-c4ccccc4)n3)c2)c1. The number of hydrogen-bond donors (Lipinski definition) is 2. The summed E-state index contributed by atoms with van der Waals surface area (Å²) in [7, 11) is -1.52. The van der Waals surface area contributed by atoms with Crippen LogP contribution in [0.15, 0.2) is 109 Å². The highest BCUT2D eigenvalue weighted by Gasteiger charge is 2.14. The third kappa shape index (κ3) is 4.57. The fourth-order valence-corrected chi connectivity index (χ4v) is 3.65. The van der Waals surface area contributed by atoms with Crippen LogP contribution >= 0.6 is 0 Å². The molecule has 0 aliphatic rings. The number of hydrogen-bond acceptors (Lipinski definition) is 5. The molecular formula is C27H20BN3O2. The maximum absolute atomic E-state index is 9.53. The lowest BCUT2D eigenvalue weighted by atomic mass is 9.79. The Bertz CT molecular complexity index is 1340. The number of rotatable bonds is 5. The monoisotopic (exact) mass is 429 g/mol. The van der Waals surface area contributed by atoms with Gasteiger partial charge in [0.2, 0.25) is 0 Å². The zero-order valence-corrected chi connectivity index (χ0v) is 17.7. The third-order valence-corrected chi connectivity index (χ3v) is 5.34. The molecule has 2 N–H and O–H groups in total. The summed E-state index contributed by atoms with van der Waals surface area (Å²) in [6, 6.07) is 34.8. The van der Waals surface area contributed by atoms with E-state index in [-0.39, 0.29) is 0 Å². The molecule has 0 bridgehead atoms. The van der Waals surface area contributed by atoms with E-state index in [1.54, 1.807) is 18.2 Å². The summed E-state index contributed by atoms with van der Waals surface area (Å²) in [6.07, 6.45) is 0. The zero-order valence-electron chi connectivity index (χ0n) is 17.7. The van der Waals surface area contributed by atoms with Crippen LogP contribution in [0.25, 0.3) is 45.3 Å². The minimum absolute atomic E-state index is 0.441. The first-order valence-corrected chi connectivity index (χ1v) is 10.6. The highest BCUT2D eigenvalue weighted by atomic mass is 16.4. The first-order valence-electron chi connectivity index (χ1n) is 10.6. The predicted octanol–water partition coefficient (Wildman–Crippen LogP) is 4.22. The molecule has 5 aromatic rings. The molecule has 0 atom stereocenters. The van der Waals surface area contributed by atoms with Gasteiger partial charge >= 0.3 is 7.12 Å². The van der Waals surface area contributed by atoms with Gasteiger partial charge in [-0.3, -0.25) is 0 Å². The van der Waals surface area contributed by atoms with Crippen molar-refractivity contribution in [1.29, 1.82) is 0 Å². The van der Waals surface area contributed by atoms with E-state index in [9.17, 15) is 10.0 Å². The first-order chi connectivity index (χ1) is 16.2. The van der Waals surface area contributed by atoms with Crippen LogP contribution in [-0.4, -0.2) is 32.1 Å². The molecule has 0 saturated heterocycles. The molecule has 33 heavy (non-hydrogen) atoms. The van der Waals surface area contributed by atoms with E-state index in [1.165, 1.54) is 0 Å². The quantitative estimate of drug-likeness (QED) is 0.409. The largest absolute Gasteiger partial charge is 0.488 e. The van der Waals surface area contributed by atoms with E-state index in [0.717, 1.165) is 27.8 Å². The van der Waals surface area contributed by atoms with Gasteiger partial charge in [0.1, 0.15) is 0 Å². The van der Waals surface area contributed by atoms with Crippen LogP contribution in [-0.2, 0) is 0 Å². The Morgan fingerprint density at radius 2 is 0.848 bits per heavy atom. The highest BCUT2D eigenvalue weighted by Crippen LogP contribution is 2.27. The zero-order chi connectivity index (χ0) is 22.6. The van der Waals surface area contributed by atoms with Gasteiger partial charge in [0.05, 0.1) is 0 Å². The lowest BCUT2D eigenvalue weighted by Crippen LogP contribution is -2.29. The average Bonchev–Trinajstić information content (AvgIpc) is 2.89. The van der Waals surface area contributed by atoms with Crippen molar-refractivity contribution in [2.45, 2.75) is 0 Å². The summed E-state index contributed by atoms with van der Waals surface area (Å²) in [4.78, 5) is 14.3. The fourth-order valence-electron chi connectivity index (χ4n) is 3.65. The predicted molar refractivity (Wildman–Crippen MR) is 131 cm³/mol. The van der Waals surface area contributed by atoms with Crippen molar-refractivity contribution in [3.8, 4) is 45.3 Å². The van der Waals surface area contributed by atoms with Gasteiger partial charge in [-0.1, -0.05) is 103 Å². The topological polar surface area (TPSA) is 79.1 Å². The minimum atomic E-state index is -1.52. The minimum Gasteiger partial charge on any atom is -0.423 e. The van der Waals surface area contributed by atoms with Gasteiger partial charge < -0.3 is 10.0 Å².